The van der Waals surface area contributed by atoms with Crippen LogP contribution in [0.4, 0.5) is 0 Å². The lowest BCUT2D eigenvalue weighted by Crippen LogP contribution is -1.86. The molecule has 0 unspecified atom stereocenters. The Morgan fingerprint density at radius 1 is 1.71 bits per heavy atom. The predicted octanol–water partition coefficient (Wildman–Crippen LogP) is 0.404. The van der Waals surface area contributed by atoms with Gasteiger partial charge in [0, 0.05) is 6.21 Å². The normalized spacial score (nSPS) is 19.4. The Morgan fingerprint density at radius 2 is 2.71 bits per heavy atom. The van der Waals surface area contributed by atoms with Crippen molar-refractivity contribution in [3.63, 3.8) is 0 Å². The van der Waals surface area contributed by atoms with Crippen molar-refractivity contribution in [3.05, 3.63) is 12.2 Å². The monoisotopic (exact) mass is 96.0 g/mol. The summed E-state index contributed by atoms with van der Waals surface area (Å²) in [5.74, 6) is 0. The first kappa shape index (κ1) is 4.53. The molecule has 0 aromatic carbocycles. The molecule has 0 saturated carbocycles. The first-order chi connectivity index (χ1) is 3.50. The Labute approximate surface area is 42.5 Å². The van der Waals surface area contributed by atoms with Gasteiger partial charge in [0.25, 0.3) is 0 Å². The van der Waals surface area contributed by atoms with E-state index < -0.39 is 0 Å². The van der Waals surface area contributed by atoms with Crippen LogP contribution < -0.4 is 0 Å². The third-order valence-corrected chi connectivity index (χ3v) is 0.651. The smallest absolute Gasteiger partial charge is 0.137 e. The highest BCUT2D eigenvalue weighted by Gasteiger charge is 1.80. The molecule has 0 atom stereocenters. The van der Waals surface area contributed by atoms with Gasteiger partial charge in [-0.2, -0.15) is 0 Å². The van der Waals surface area contributed by atoms with Gasteiger partial charge >= 0.3 is 0 Å². The minimum absolute atomic E-state index is 0.476. The van der Waals surface area contributed by atoms with E-state index in [4.69, 9.17) is 4.74 Å². The van der Waals surface area contributed by atoms with E-state index in [0.717, 1.165) is 0 Å². The Hall–Kier alpha value is -0.630. The predicted molar refractivity (Wildman–Crippen MR) is 27.1 cm³/mol. The van der Waals surface area contributed by atoms with Gasteiger partial charge in [0.2, 0.25) is 0 Å². The molecular weight excluding hydrogens is 90.1 g/mol. The van der Waals surface area contributed by atoms with Gasteiger partial charge in [-0.05, 0) is 12.2 Å². The summed E-state index contributed by atoms with van der Waals surface area (Å²) in [5.41, 5.74) is 0. The van der Waals surface area contributed by atoms with E-state index in [2.05, 4.69) is 11.1 Å². The Bertz CT molecular complexity index is 84.3. The molecule has 37 valence electrons. The number of aliphatic imine (C=N–C) groups is 1. The van der Waals surface area contributed by atoms with Crippen molar-refractivity contribution in [3.8, 4) is 0 Å². The summed E-state index contributed by atoms with van der Waals surface area (Å²) in [6.07, 6.45) is 6.23. The van der Waals surface area contributed by atoms with Crippen molar-refractivity contribution in [2.75, 3.05) is 13.3 Å². The molecule has 0 aromatic rings. The molecule has 2 nitrogen and oxygen atoms in total. The summed E-state index contributed by atoms with van der Waals surface area (Å²) >= 11 is 0. The van der Waals surface area contributed by atoms with Crippen molar-refractivity contribution in [1.29, 1.82) is 0 Å². The van der Waals surface area contributed by atoms with Crippen LogP contribution in [-0.2, 0) is 4.74 Å². The fraction of sp³-hybridized carbons (Fsp3) is 0.400. The van der Waals surface area contributed by atoms with Crippen LogP contribution in [0.5, 0.6) is 0 Å². The average molecular weight is 96.1 g/mol. The second kappa shape index (κ2) is 2.53. The van der Waals surface area contributed by atoms with Gasteiger partial charge in [0.15, 0.2) is 0 Å². The van der Waals surface area contributed by atoms with Crippen molar-refractivity contribution >= 4 is 6.21 Å². The number of hydrogen-bond acceptors (Lipinski definition) is 2. The van der Waals surface area contributed by atoms with E-state index in [9.17, 15) is 0 Å². The van der Waals surface area contributed by atoms with Gasteiger partial charge < -0.3 is 4.74 Å². The molecule has 2 heteroatoms. The molecule has 0 fully saturated rings. The summed E-state index contributed by atoms with van der Waals surface area (Å²) in [7, 11) is 0. The van der Waals surface area contributed by atoms with Crippen molar-refractivity contribution in [2.45, 2.75) is 0 Å². The van der Waals surface area contributed by atoms with Crippen LogP contribution in [0.25, 0.3) is 0 Å². The standard InChI is InChI=1S/C5H6NO/c1-2-4-7-5-6-3-1/h2-3H,4-5H2. The molecule has 0 spiro atoms. The zero-order valence-corrected chi connectivity index (χ0v) is 3.92. The molecule has 0 bridgehead atoms. The maximum absolute atomic E-state index is 4.88. The Balaban J connectivity index is 2.39. The van der Waals surface area contributed by atoms with E-state index in [-0.39, 0.29) is 0 Å². The van der Waals surface area contributed by atoms with Crippen molar-refractivity contribution < 1.29 is 4.74 Å². The summed E-state index contributed by atoms with van der Waals surface area (Å²) < 4.78 is 4.88. The molecule has 0 aliphatic carbocycles. The fourth-order valence-electron chi connectivity index (χ4n) is 0.355. The average Bonchev–Trinajstić information content (AvgIpc) is 1.90. The third-order valence-electron chi connectivity index (χ3n) is 0.651. The van der Waals surface area contributed by atoms with Crippen LogP contribution in [0.1, 0.15) is 0 Å². The lowest BCUT2D eigenvalue weighted by atomic mass is 10.5. The molecule has 0 amide bonds. The lowest BCUT2D eigenvalue weighted by molar-refractivity contribution is 0.173. The fourth-order valence-corrected chi connectivity index (χ4v) is 0.355. The minimum atomic E-state index is 0.476. The zero-order valence-electron chi connectivity index (χ0n) is 3.92. The Kier molecular flexibility index (Phi) is 1.63. The molecule has 0 saturated heterocycles. The minimum Gasteiger partial charge on any atom is -0.355 e. The van der Waals surface area contributed by atoms with E-state index in [0.29, 0.717) is 13.3 Å². The maximum Gasteiger partial charge on any atom is 0.137 e. The van der Waals surface area contributed by atoms with Gasteiger partial charge in [-0.1, -0.05) is 0 Å². The molecule has 0 N–H and O–H groups in total. The van der Waals surface area contributed by atoms with Gasteiger partial charge in [0.05, 0.1) is 6.61 Å². The van der Waals surface area contributed by atoms with E-state index >= 15 is 0 Å². The number of ether oxygens (including phenoxy) is 1. The molecule has 1 rings (SSSR count). The maximum atomic E-state index is 4.88. The number of allylic oxidation sites excluding steroid dienone is 1. The van der Waals surface area contributed by atoms with Gasteiger partial charge in [-0.25, -0.2) is 0 Å². The number of rotatable bonds is 0. The highest BCUT2D eigenvalue weighted by Crippen LogP contribution is 1.81. The van der Waals surface area contributed by atoms with Crippen LogP contribution in [0.3, 0.4) is 0 Å². The molecule has 7 heavy (non-hydrogen) atoms. The van der Waals surface area contributed by atoms with Crippen LogP contribution in [-0.4, -0.2) is 19.6 Å². The van der Waals surface area contributed by atoms with Gasteiger partial charge in [-0.15, -0.1) is 0 Å². The van der Waals surface area contributed by atoms with E-state index in [1.165, 1.54) is 0 Å². The molecule has 1 aliphatic heterocycles. The second-order valence-electron chi connectivity index (χ2n) is 1.18. The van der Waals surface area contributed by atoms with E-state index in [1.807, 2.05) is 0 Å². The van der Waals surface area contributed by atoms with Gasteiger partial charge in [-0.3, -0.25) is 4.99 Å². The number of hydrogen-bond donors (Lipinski definition) is 0. The van der Waals surface area contributed by atoms with Crippen molar-refractivity contribution in [1.82, 2.24) is 0 Å². The highest BCUT2D eigenvalue weighted by molar-refractivity contribution is 5.66. The zero-order chi connectivity index (χ0) is 4.95. The highest BCUT2D eigenvalue weighted by atomic mass is 16.5. The molecular formula is C5H6NO. The van der Waals surface area contributed by atoms with Crippen molar-refractivity contribution in [2.24, 2.45) is 4.99 Å². The Morgan fingerprint density at radius 3 is 3.71 bits per heavy atom. The topological polar surface area (TPSA) is 21.6 Å². The summed E-state index contributed by atoms with van der Waals surface area (Å²) in [6.45, 7) is 1.11. The van der Waals surface area contributed by atoms with E-state index in [1.54, 1.807) is 12.3 Å². The van der Waals surface area contributed by atoms with Gasteiger partial charge in [0.1, 0.15) is 6.73 Å². The molecule has 1 aliphatic rings. The summed E-state index contributed by atoms with van der Waals surface area (Å²) in [4.78, 5) is 3.78. The quantitative estimate of drug-likeness (QED) is 0.428. The third kappa shape index (κ3) is 1.50. The largest absolute Gasteiger partial charge is 0.355 e. The first-order valence-electron chi connectivity index (χ1n) is 2.14. The van der Waals surface area contributed by atoms with Crippen LogP contribution in [0.15, 0.2) is 11.1 Å². The van der Waals surface area contributed by atoms with Crippen LogP contribution >= 0.6 is 0 Å². The SMILES string of the molecule is [C]1=CCOCN=C1. The number of nitrogens with zero attached hydrogens (tertiary/aromatic N) is 1. The lowest BCUT2D eigenvalue weighted by Gasteiger charge is -1.87. The molecule has 1 heterocycles. The van der Waals surface area contributed by atoms with Crippen LogP contribution in [0, 0.1) is 6.08 Å². The first-order valence-corrected chi connectivity index (χ1v) is 2.14. The summed E-state index contributed by atoms with van der Waals surface area (Å²) in [5, 5.41) is 0. The molecule has 0 aromatic heterocycles. The van der Waals surface area contributed by atoms with Crippen LogP contribution in [0.2, 0.25) is 0 Å². The molecule has 1 radical (unpaired) electrons. The summed E-state index contributed by atoms with van der Waals surface area (Å²) in [6, 6.07) is 0. The second-order valence-corrected chi connectivity index (χ2v) is 1.18.